The molecular weight excluding hydrogens is 512 g/mol. The Balaban J connectivity index is 1.30. The molecule has 2 aromatic carbocycles. The Bertz CT molecular complexity index is 1390. The van der Waals surface area contributed by atoms with Crippen molar-refractivity contribution in [3.05, 3.63) is 76.4 Å². The van der Waals surface area contributed by atoms with E-state index in [1.807, 2.05) is 75.7 Å². The van der Waals surface area contributed by atoms with E-state index in [1.165, 1.54) is 4.90 Å². The lowest BCUT2D eigenvalue weighted by atomic mass is 10.00. The van der Waals surface area contributed by atoms with E-state index in [9.17, 15) is 19.5 Å². The third-order valence-electron chi connectivity index (χ3n) is 7.71. The first-order valence-corrected chi connectivity index (χ1v) is 14.2. The number of carbonyl (C=O) groups excluding carboxylic acids is 3. The summed E-state index contributed by atoms with van der Waals surface area (Å²) in [5.74, 6) is -0.964. The molecule has 204 valence electrons. The van der Waals surface area contributed by atoms with Crippen molar-refractivity contribution in [1.82, 2.24) is 20.1 Å². The summed E-state index contributed by atoms with van der Waals surface area (Å²) >= 11 is 1.59. The molecule has 0 saturated carbocycles. The number of aryl methyl sites for hydroxylation is 1. The van der Waals surface area contributed by atoms with Crippen LogP contribution in [-0.4, -0.2) is 62.3 Å². The summed E-state index contributed by atoms with van der Waals surface area (Å²) in [7, 11) is 0. The zero-order chi connectivity index (χ0) is 27.8. The second-order valence-electron chi connectivity index (χ2n) is 10.8. The number of fused-ring (bicyclic) bond motifs is 1. The van der Waals surface area contributed by atoms with Gasteiger partial charge in [0.2, 0.25) is 11.8 Å². The number of amides is 3. The topological polar surface area (TPSA) is 103 Å². The molecule has 2 aliphatic rings. The molecule has 0 bridgehead atoms. The van der Waals surface area contributed by atoms with Gasteiger partial charge in [0.1, 0.15) is 12.1 Å². The first-order chi connectivity index (χ1) is 18.7. The summed E-state index contributed by atoms with van der Waals surface area (Å²) in [4.78, 5) is 49.0. The Labute approximate surface area is 232 Å². The molecule has 2 aliphatic heterocycles. The molecule has 5 rings (SSSR count). The Morgan fingerprint density at radius 2 is 1.82 bits per heavy atom. The molecule has 0 unspecified atom stereocenters. The van der Waals surface area contributed by atoms with Crippen LogP contribution in [0.4, 0.5) is 0 Å². The number of benzene rings is 2. The Morgan fingerprint density at radius 1 is 1.10 bits per heavy atom. The number of nitrogens with zero attached hydrogens (tertiary/aromatic N) is 3. The van der Waals surface area contributed by atoms with Crippen molar-refractivity contribution in [2.24, 2.45) is 5.92 Å². The van der Waals surface area contributed by atoms with Crippen molar-refractivity contribution < 1.29 is 19.5 Å². The molecule has 1 saturated heterocycles. The Hall–Kier alpha value is -3.56. The highest BCUT2D eigenvalue weighted by Gasteiger charge is 2.46. The highest BCUT2D eigenvalue weighted by Crippen LogP contribution is 2.31. The predicted molar refractivity (Wildman–Crippen MR) is 150 cm³/mol. The number of hydrogen-bond donors (Lipinski definition) is 2. The fourth-order valence-corrected chi connectivity index (χ4v) is 6.46. The molecule has 0 radical (unpaired) electrons. The summed E-state index contributed by atoms with van der Waals surface area (Å²) in [6, 6.07) is 13.6. The second-order valence-corrected chi connectivity index (χ2v) is 11.6. The van der Waals surface area contributed by atoms with Gasteiger partial charge in [0.15, 0.2) is 0 Å². The van der Waals surface area contributed by atoms with Crippen LogP contribution in [0, 0.1) is 12.8 Å². The lowest BCUT2D eigenvalue weighted by molar-refractivity contribution is -0.143. The van der Waals surface area contributed by atoms with Gasteiger partial charge in [-0.25, -0.2) is 4.98 Å². The van der Waals surface area contributed by atoms with Crippen LogP contribution in [0.25, 0.3) is 10.4 Å². The van der Waals surface area contributed by atoms with Gasteiger partial charge in [0.25, 0.3) is 5.91 Å². The van der Waals surface area contributed by atoms with Gasteiger partial charge in [0, 0.05) is 25.1 Å². The minimum absolute atomic E-state index is 0.0619. The van der Waals surface area contributed by atoms with Crippen molar-refractivity contribution in [3.8, 4) is 10.4 Å². The minimum Gasteiger partial charge on any atom is -0.391 e. The molecule has 3 aromatic rings. The normalized spacial score (nSPS) is 20.3. The largest absolute Gasteiger partial charge is 0.391 e. The van der Waals surface area contributed by atoms with E-state index in [1.54, 1.807) is 22.3 Å². The fourth-order valence-electron chi connectivity index (χ4n) is 5.65. The summed E-state index contributed by atoms with van der Waals surface area (Å²) < 4.78 is 0. The monoisotopic (exact) mass is 546 g/mol. The van der Waals surface area contributed by atoms with E-state index in [4.69, 9.17) is 0 Å². The van der Waals surface area contributed by atoms with E-state index in [0.29, 0.717) is 12.1 Å². The molecule has 9 heteroatoms. The van der Waals surface area contributed by atoms with E-state index in [0.717, 1.165) is 27.3 Å². The zero-order valence-corrected chi connectivity index (χ0v) is 23.4. The van der Waals surface area contributed by atoms with Gasteiger partial charge in [-0.15, -0.1) is 11.3 Å². The SMILES string of the molecule is Cc1ncsc1-c1ccc([C@H](C)NC(=O)[C@@H]2C[C@@H](O)CN2C(=O)[C@H](C(C)C)N2Cc3ccccc3C2=O)cc1. The van der Waals surface area contributed by atoms with Crippen LogP contribution < -0.4 is 5.32 Å². The van der Waals surface area contributed by atoms with Gasteiger partial charge < -0.3 is 20.2 Å². The third kappa shape index (κ3) is 5.21. The van der Waals surface area contributed by atoms with Crippen LogP contribution in [0.1, 0.15) is 60.4 Å². The van der Waals surface area contributed by atoms with Gasteiger partial charge in [-0.3, -0.25) is 14.4 Å². The second kappa shape index (κ2) is 10.9. The predicted octanol–water partition coefficient (Wildman–Crippen LogP) is 3.94. The molecule has 1 fully saturated rings. The number of thiazole rings is 1. The number of nitrogens with one attached hydrogen (secondary N) is 1. The number of aliphatic hydroxyl groups is 1. The lowest BCUT2D eigenvalue weighted by Gasteiger charge is -2.35. The van der Waals surface area contributed by atoms with Gasteiger partial charge in [-0.1, -0.05) is 56.3 Å². The molecule has 3 amide bonds. The number of hydrogen-bond acceptors (Lipinski definition) is 6. The summed E-state index contributed by atoms with van der Waals surface area (Å²) in [5.41, 5.74) is 6.32. The number of aromatic nitrogens is 1. The van der Waals surface area contributed by atoms with Gasteiger partial charge in [-0.05, 0) is 42.5 Å². The van der Waals surface area contributed by atoms with Crippen LogP contribution in [-0.2, 0) is 16.1 Å². The highest BCUT2D eigenvalue weighted by molar-refractivity contribution is 7.13. The molecule has 0 spiro atoms. The third-order valence-corrected chi connectivity index (χ3v) is 8.69. The average Bonchev–Trinajstić information content (AvgIpc) is 3.61. The molecule has 2 N–H and O–H groups in total. The van der Waals surface area contributed by atoms with Crippen LogP contribution in [0.5, 0.6) is 0 Å². The number of rotatable bonds is 7. The molecule has 1 aromatic heterocycles. The smallest absolute Gasteiger partial charge is 0.255 e. The van der Waals surface area contributed by atoms with Crippen molar-refractivity contribution in [2.45, 2.75) is 64.9 Å². The maximum absolute atomic E-state index is 13.9. The number of aliphatic hydroxyl groups excluding tert-OH is 1. The van der Waals surface area contributed by atoms with Crippen molar-refractivity contribution in [2.75, 3.05) is 6.54 Å². The number of carbonyl (C=O) groups is 3. The average molecular weight is 547 g/mol. The Kier molecular flexibility index (Phi) is 7.55. The molecule has 4 atom stereocenters. The van der Waals surface area contributed by atoms with Crippen LogP contribution in [0.15, 0.2) is 54.0 Å². The lowest BCUT2D eigenvalue weighted by Crippen LogP contribution is -2.55. The van der Waals surface area contributed by atoms with E-state index in [-0.39, 0.29) is 42.6 Å². The summed E-state index contributed by atoms with van der Waals surface area (Å²) in [6.07, 6.45) is -0.645. The molecular formula is C30H34N4O4S. The maximum Gasteiger partial charge on any atom is 0.255 e. The van der Waals surface area contributed by atoms with Gasteiger partial charge in [-0.2, -0.15) is 0 Å². The minimum atomic E-state index is -0.810. The quantitative estimate of drug-likeness (QED) is 0.467. The van der Waals surface area contributed by atoms with Crippen LogP contribution in [0.3, 0.4) is 0 Å². The molecule has 8 nitrogen and oxygen atoms in total. The molecule has 3 heterocycles. The summed E-state index contributed by atoms with van der Waals surface area (Å²) in [5, 5.41) is 13.5. The Morgan fingerprint density at radius 3 is 2.46 bits per heavy atom. The van der Waals surface area contributed by atoms with E-state index in [2.05, 4.69) is 10.3 Å². The number of likely N-dealkylation sites (tertiary alicyclic amines) is 1. The maximum atomic E-state index is 13.9. The van der Waals surface area contributed by atoms with Crippen molar-refractivity contribution in [1.29, 1.82) is 0 Å². The van der Waals surface area contributed by atoms with Crippen molar-refractivity contribution in [3.63, 3.8) is 0 Å². The van der Waals surface area contributed by atoms with Gasteiger partial charge >= 0.3 is 0 Å². The van der Waals surface area contributed by atoms with E-state index < -0.39 is 18.2 Å². The molecule has 39 heavy (non-hydrogen) atoms. The van der Waals surface area contributed by atoms with Gasteiger partial charge in [0.05, 0.1) is 28.2 Å². The highest BCUT2D eigenvalue weighted by atomic mass is 32.1. The van der Waals surface area contributed by atoms with Crippen LogP contribution >= 0.6 is 11.3 Å². The first kappa shape index (κ1) is 27.0. The standard InChI is InChI=1S/C30H34N4O4S/c1-17(2)26(34-14-22-7-5-6-8-24(22)29(34)37)30(38)33-15-23(35)13-25(33)28(36)32-18(3)20-9-11-21(12-10-20)27-19(4)31-16-39-27/h5-12,16-18,23,25-26,35H,13-15H2,1-4H3,(H,32,36)/t18-,23+,25-,26-/m0/s1. The fraction of sp³-hybridized carbons (Fsp3) is 0.400. The molecule has 0 aliphatic carbocycles. The number of β-amino-alcohol motifs (C(OH)–C–C–N with tert-alkyl or cyclic N) is 1. The zero-order valence-electron chi connectivity index (χ0n) is 22.6. The van der Waals surface area contributed by atoms with Crippen molar-refractivity contribution >= 4 is 29.1 Å². The summed E-state index contributed by atoms with van der Waals surface area (Å²) in [6.45, 7) is 8.10. The van der Waals surface area contributed by atoms with Crippen LogP contribution in [0.2, 0.25) is 0 Å². The van der Waals surface area contributed by atoms with E-state index >= 15 is 0 Å². The first-order valence-electron chi connectivity index (χ1n) is 13.3.